The molecule has 2 heterocycles. The second-order valence-electron chi connectivity index (χ2n) is 8.05. The Kier molecular flexibility index (Phi) is 8.72. The van der Waals surface area contributed by atoms with E-state index in [1.807, 2.05) is 0 Å². The fourth-order valence-corrected chi connectivity index (χ4v) is 5.06. The summed E-state index contributed by atoms with van der Waals surface area (Å²) in [6.45, 7) is 5.55. The molecule has 1 aromatic carbocycles. The average Bonchev–Trinajstić information content (AvgIpc) is 2.76. The Morgan fingerprint density at radius 1 is 0.917 bits per heavy atom. The first-order chi connectivity index (χ1) is 16.9. The summed E-state index contributed by atoms with van der Waals surface area (Å²) in [6.07, 6.45) is -7.42. The van der Waals surface area contributed by atoms with Crippen LogP contribution >= 0.6 is 7.82 Å². The van der Waals surface area contributed by atoms with Crippen molar-refractivity contribution in [1.82, 2.24) is 0 Å². The van der Waals surface area contributed by atoms with Crippen molar-refractivity contribution in [2.45, 2.75) is 71.9 Å². The highest BCUT2D eigenvalue weighted by atomic mass is 31.2. The lowest BCUT2D eigenvalue weighted by Gasteiger charge is -2.44. The summed E-state index contributed by atoms with van der Waals surface area (Å²) in [4.78, 5) is 47.1. The van der Waals surface area contributed by atoms with Crippen LogP contribution in [-0.4, -0.2) is 61.2 Å². The molecule has 36 heavy (non-hydrogen) atoms. The monoisotopic (exact) mass is 530 g/mol. The Hall–Kier alpha value is -2.99. The summed E-state index contributed by atoms with van der Waals surface area (Å²) in [5.74, 6) is -2.82. The molecule has 2 aliphatic heterocycles. The number of esters is 4. The molecular formula is C22H27O13P. The molecular weight excluding hydrogens is 503 g/mol. The first-order valence-corrected chi connectivity index (χ1v) is 12.4. The molecule has 0 radical (unpaired) electrons. The number of para-hydroxylation sites is 1. The number of aryl methyl sites for hydroxylation is 1. The Morgan fingerprint density at radius 3 is 2.14 bits per heavy atom. The van der Waals surface area contributed by atoms with Crippen LogP contribution in [0.4, 0.5) is 0 Å². The van der Waals surface area contributed by atoms with E-state index in [4.69, 9.17) is 37.3 Å². The van der Waals surface area contributed by atoms with Crippen LogP contribution in [0.3, 0.4) is 0 Å². The molecule has 0 aliphatic carbocycles. The first-order valence-electron chi connectivity index (χ1n) is 10.9. The third kappa shape index (κ3) is 6.82. The van der Waals surface area contributed by atoms with E-state index in [1.54, 1.807) is 25.1 Å². The van der Waals surface area contributed by atoms with Crippen LogP contribution in [0.15, 0.2) is 18.2 Å². The summed E-state index contributed by atoms with van der Waals surface area (Å²) >= 11 is 0. The SMILES string of the molecule is CC(=O)OC[C@H]1O[C@H](OP2(=O)OCc3cccc(C)c3O2)[C@@H](OC(C)=O)[C@@H](OC(C)=O)[C@@H]1OC(C)=O. The van der Waals surface area contributed by atoms with Gasteiger partial charge in [-0.2, -0.15) is 0 Å². The Bertz CT molecular complexity index is 1070. The molecule has 2 aliphatic rings. The standard InChI is InChI=1S/C22H27O13P/c1-11-7-6-8-16-9-29-36(27,34-18(11)16)35-22-21(32-15(5)26)20(31-14(4)25)19(30-13(3)24)17(33-22)10-28-12(2)23/h6-8,17,19-22H,9-10H2,1-5H3/t17-,19-,20+,21+,22-,36?/m1/s1. The second-order valence-corrected chi connectivity index (χ2v) is 9.59. The van der Waals surface area contributed by atoms with Gasteiger partial charge < -0.3 is 28.2 Å². The van der Waals surface area contributed by atoms with Gasteiger partial charge in [-0.25, -0.2) is 9.09 Å². The number of phosphoric ester groups is 1. The van der Waals surface area contributed by atoms with E-state index < -0.39 is 69.0 Å². The number of fused-ring (bicyclic) bond motifs is 1. The number of hydrogen-bond donors (Lipinski definition) is 0. The van der Waals surface area contributed by atoms with Gasteiger partial charge in [0.25, 0.3) is 0 Å². The van der Waals surface area contributed by atoms with Gasteiger partial charge in [-0.1, -0.05) is 18.2 Å². The normalized spacial score (nSPS) is 29.2. The van der Waals surface area contributed by atoms with E-state index in [9.17, 15) is 23.7 Å². The van der Waals surface area contributed by atoms with Gasteiger partial charge in [0.2, 0.25) is 6.29 Å². The third-order valence-electron chi connectivity index (χ3n) is 5.06. The molecule has 0 amide bonds. The van der Waals surface area contributed by atoms with Gasteiger partial charge in [0.1, 0.15) is 18.5 Å². The minimum Gasteiger partial charge on any atom is -0.463 e. The fourth-order valence-electron chi connectivity index (χ4n) is 3.70. The fraction of sp³-hybridized carbons (Fsp3) is 0.545. The maximum atomic E-state index is 13.4. The molecule has 13 nitrogen and oxygen atoms in total. The smallest absolute Gasteiger partial charge is 0.463 e. The maximum absolute atomic E-state index is 13.4. The Labute approximate surface area is 206 Å². The third-order valence-corrected chi connectivity index (χ3v) is 6.37. The van der Waals surface area contributed by atoms with Gasteiger partial charge in [0.05, 0.1) is 6.61 Å². The number of rotatable bonds is 7. The molecule has 1 aromatic rings. The number of benzene rings is 1. The lowest BCUT2D eigenvalue weighted by Crippen LogP contribution is -2.62. The van der Waals surface area contributed by atoms with Gasteiger partial charge in [-0.3, -0.25) is 23.7 Å². The number of ether oxygens (including phenoxy) is 5. The van der Waals surface area contributed by atoms with Gasteiger partial charge >= 0.3 is 31.7 Å². The van der Waals surface area contributed by atoms with Crippen molar-refractivity contribution in [3.05, 3.63) is 29.3 Å². The van der Waals surface area contributed by atoms with Crippen molar-refractivity contribution in [2.75, 3.05) is 6.61 Å². The largest absolute Gasteiger partial charge is 0.532 e. The van der Waals surface area contributed by atoms with Gasteiger partial charge in [-0.05, 0) is 12.5 Å². The van der Waals surface area contributed by atoms with Crippen molar-refractivity contribution in [2.24, 2.45) is 0 Å². The van der Waals surface area contributed by atoms with Crippen LogP contribution in [0.2, 0.25) is 0 Å². The van der Waals surface area contributed by atoms with E-state index >= 15 is 0 Å². The van der Waals surface area contributed by atoms with E-state index in [-0.39, 0.29) is 12.4 Å². The van der Waals surface area contributed by atoms with E-state index in [0.29, 0.717) is 11.1 Å². The molecule has 0 spiro atoms. The van der Waals surface area contributed by atoms with Crippen molar-refractivity contribution < 1.29 is 61.0 Å². The summed E-state index contributed by atoms with van der Waals surface area (Å²) in [5, 5.41) is 0. The topological polar surface area (TPSA) is 159 Å². The number of phosphoric acid groups is 1. The highest BCUT2D eigenvalue weighted by Crippen LogP contribution is 2.57. The zero-order valence-electron chi connectivity index (χ0n) is 20.3. The van der Waals surface area contributed by atoms with Crippen LogP contribution in [0, 0.1) is 6.92 Å². The highest BCUT2D eigenvalue weighted by Gasteiger charge is 2.55. The molecule has 198 valence electrons. The molecule has 0 aromatic heterocycles. The summed E-state index contributed by atoms with van der Waals surface area (Å²) in [6, 6.07) is 5.24. The lowest BCUT2D eigenvalue weighted by molar-refractivity contribution is -0.291. The van der Waals surface area contributed by atoms with E-state index in [1.165, 1.54) is 0 Å². The first kappa shape index (κ1) is 27.6. The van der Waals surface area contributed by atoms with Crippen LogP contribution in [-0.2, 0) is 63.1 Å². The molecule has 1 saturated heterocycles. The van der Waals surface area contributed by atoms with Crippen molar-refractivity contribution >= 4 is 31.7 Å². The van der Waals surface area contributed by atoms with Crippen LogP contribution in [0.5, 0.6) is 5.75 Å². The zero-order chi connectivity index (χ0) is 26.6. The summed E-state index contributed by atoms with van der Waals surface area (Å²) in [7, 11) is -4.37. The van der Waals surface area contributed by atoms with E-state index in [2.05, 4.69) is 0 Å². The number of hydrogen-bond acceptors (Lipinski definition) is 13. The minimum absolute atomic E-state index is 0.112. The lowest BCUT2D eigenvalue weighted by atomic mass is 9.98. The molecule has 0 bridgehead atoms. The highest BCUT2D eigenvalue weighted by molar-refractivity contribution is 7.49. The van der Waals surface area contributed by atoms with Gasteiger partial charge in [0.15, 0.2) is 18.3 Å². The molecule has 0 N–H and O–H groups in total. The number of carbonyl (C=O) groups excluding carboxylic acids is 4. The molecule has 6 atom stereocenters. The Balaban J connectivity index is 1.97. The molecule has 1 fully saturated rings. The quantitative estimate of drug-likeness (QED) is 0.287. The van der Waals surface area contributed by atoms with Gasteiger partial charge in [0, 0.05) is 33.3 Å². The molecule has 3 rings (SSSR count). The average molecular weight is 530 g/mol. The number of carbonyl (C=O) groups is 4. The van der Waals surface area contributed by atoms with Crippen molar-refractivity contribution in [3.63, 3.8) is 0 Å². The van der Waals surface area contributed by atoms with Crippen LogP contribution in [0.25, 0.3) is 0 Å². The van der Waals surface area contributed by atoms with E-state index in [0.717, 1.165) is 27.7 Å². The molecule has 1 unspecified atom stereocenters. The predicted molar refractivity (Wildman–Crippen MR) is 117 cm³/mol. The zero-order valence-corrected chi connectivity index (χ0v) is 21.2. The van der Waals surface area contributed by atoms with Gasteiger partial charge in [-0.15, -0.1) is 0 Å². The predicted octanol–water partition coefficient (Wildman–Crippen LogP) is 2.11. The summed E-state index contributed by atoms with van der Waals surface area (Å²) < 4.78 is 56.6. The molecule has 14 heteroatoms. The Morgan fingerprint density at radius 2 is 1.53 bits per heavy atom. The van der Waals surface area contributed by atoms with Crippen molar-refractivity contribution in [3.8, 4) is 5.75 Å². The van der Waals surface area contributed by atoms with Crippen LogP contribution < -0.4 is 4.52 Å². The minimum atomic E-state index is -4.37. The summed E-state index contributed by atoms with van der Waals surface area (Å²) in [5.41, 5.74) is 1.30. The second kappa shape index (κ2) is 11.4. The molecule has 0 saturated carbocycles. The van der Waals surface area contributed by atoms with Crippen LogP contribution in [0.1, 0.15) is 38.8 Å². The maximum Gasteiger partial charge on any atom is 0.532 e. The van der Waals surface area contributed by atoms with Crippen molar-refractivity contribution in [1.29, 1.82) is 0 Å².